The fourth-order valence-corrected chi connectivity index (χ4v) is 1.04. The lowest BCUT2D eigenvalue weighted by atomic mass is 10.4. The lowest BCUT2D eigenvalue weighted by Gasteiger charge is -2.05. The number of rotatable bonds is 7. The third-order valence-electron chi connectivity index (χ3n) is 1.81. The smallest absolute Gasteiger partial charge is 0.269 e. The first-order valence-corrected chi connectivity index (χ1v) is 4.81. The zero-order valence-electron chi connectivity index (χ0n) is 8.75. The van der Waals surface area contributed by atoms with Crippen LogP contribution in [0.25, 0.3) is 0 Å². The van der Waals surface area contributed by atoms with Crippen molar-refractivity contribution in [3.05, 3.63) is 18.2 Å². The molecule has 84 valence electrons. The SMILES string of the molecule is COCCNCCNC(=O)c1cnc[nH]1. The second kappa shape index (κ2) is 6.97. The number of nitrogens with zero attached hydrogens (tertiary/aromatic N) is 1. The minimum Gasteiger partial charge on any atom is -0.383 e. The van der Waals surface area contributed by atoms with Crippen molar-refractivity contribution in [3.63, 3.8) is 0 Å². The third kappa shape index (κ3) is 4.57. The summed E-state index contributed by atoms with van der Waals surface area (Å²) in [7, 11) is 1.65. The Morgan fingerprint density at radius 3 is 3.07 bits per heavy atom. The molecule has 1 rings (SSSR count). The third-order valence-corrected chi connectivity index (χ3v) is 1.81. The lowest BCUT2D eigenvalue weighted by Crippen LogP contribution is -2.33. The molecule has 1 aromatic heterocycles. The quantitative estimate of drug-likeness (QED) is 0.526. The molecule has 0 aromatic carbocycles. The summed E-state index contributed by atoms with van der Waals surface area (Å²) in [5, 5.41) is 5.87. The number of ether oxygens (including phenoxy) is 1. The summed E-state index contributed by atoms with van der Waals surface area (Å²) in [5.41, 5.74) is 0.479. The fraction of sp³-hybridized carbons (Fsp3) is 0.556. The first kappa shape index (κ1) is 11.7. The number of H-pyrrole nitrogens is 1. The van der Waals surface area contributed by atoms with Gasteiger partial charge in [-0.15, -0.1) is 0 Å². The van der Waals surface area contributed by atoms with Gasteiger partial charge in [-0.3, -0.25) is 4.79 Å². The Morgan fingerprint density at radius 2 is 2.40 bits per heavy atom. The number of nitrogens with one attached hydrogen (secondary N) is 3. The van der Waals surface area contributed by atoms with Crippen LogP contribution in [0.2, 0.25) is 0 Å². The Bertz CT molecular complexity index is 274. The van der Waals surface area contributed by atoms with E-state index in [2.05, 4.69) is 20.6 Å². The molecule has 1 amide bonds. The first-order chi connectivity index (χ1) is 7.34. The van der Waals surface area contributed by atoms with E-state index in [1.165, 1.54) is 12.5 Å². The number of hydrogen-bond acceptors (Lipinski definition) is 4. The van der Waals surface area contributed by atoms with E-state index in [0.29, 0.717) is 18.8 Å². The maximum Gasteiger partial charge on any atom is 0.269 e. The molecule has 0 fully saturated rings. The van der Waals surface area contributed by atoms with Gasteiger partial charge in [0.05, 0.1) is 19.1 Å². The summed E-state index contributed by atoms with van der Waals surface area (Å²) in [5.74, 6) is -0.138. The molecular formula is C9H16N4O2. The fourth-order valence-electron chi connectivity index (χ4n) is 1.04. The van der Waals surface area contributed by atoms with Crippen LogP contribution < -0.4 is 10.6 Å². The van der Waals surface area contributed by atoms with Crippen LogP contribution in [-0.2, 0) is 4.74 Å². The Hall–Kier alpha value is -1.40. The molecule has 0 saturated heterocycles. The molecule has 1 aromatic rings. The number of aromatic nitrogens is 2. The number of aromatic amines is 1. The van der Waals surface area contributed by atoms with Gasteiger partial charge < -0.3 is 20.4 Å². The van der Waals surface area contributed by atoms with Crippen LogP contribution in [0.5, 0.6) is 0 Å². The topological polar surface area (TPSA) is 79.0 Å². The minimum absolute atomic E-state index is 0.138. The van der Waals surface area contributed by atoms with Gasteiger partial charge in [0.1, 0.15) is 5.69 Å². The van der Waals surface area contributed by atoms with Crippen LogP contribution in [0.3, 0.4) is 0 Å². The standard InChI is InChI=1S/C9H16N4O2/c1-15-5-4-10-2-3-12-9(14)8-6-11-7-13-8/h6-7,10H,2-5H2,1H3,(H,11,13)(H,12,14). The summed E-state index contributed by atoms with van der Waals surface area (Å²) in [6, 6.07) is 0. The number of imidazole rings is 1. The van der Waals surface area contributed by atoms with Gasteiger partial charge in [-0.05, 0) is 0 Å². The van der Waals surface area contributed by atoms with Crippen molar-refractivity contribution in [3.8, 4) is 0 Å². The highest BCUT2D eigenvalue weighted by molar-refractivity contribution is 5.91. The number of hydrogen-bond donors (Lipinski definition) is 3. The van der Waals surface area contributed by atoms with E-state index in [4.69, 9.17) is 4.74 Å². The molecule has 3 N–H and O–H groups in total. The summed E-state index contributed by atoms with van der Waals surface area (Å²) in [6.07, 6.45) is 2.97. The average molecular weight is 212 g/mol. The Morgan fingerprint density at radius 1 is 1.53 bits per heavy atom. The van der Waals surface area contributed by atoms with Crippen LogP contribution in [0.1, 0.15) is 10.5 Å². The van der Waals surface area contributed by atoms with E-state index < -0.39 is 0 Å². The molecule has 15 heavy (non-hydrogen) atoms. The summed E-state index contributed by atoms with van der Waals surface area (Å²) < 4.78 is 4.87. The van der Waals surface area contributed by atoms with E-state index in [0.717, 1.165) is 13.1 Å². The van der Waals surface area contributed by atoms with Gasteiger partial charge in [-0.25, -0.2) is 4.98 Å². The molecule has 1 heterocycles. The average Bonchev–Trinajstić information content (AvgIpc) is 2.76. The summed E-state index contributed by atoms with van der Waals surface area (Å²) in [6.45, 7) is 2.77. The van der Waals surface area contributed by atoms with Gasteiger partial charge in [0.25, 0.3) is 5.91 Å². The predicted octanol–water partition coefficient (Wildman–Crippen LogP) is -0.624. The minimum atomic E-state index is -0.138. The number of methoxy groups -OCH3 is 1. The van der Waals surface area contributed by atoms with Crippen molar-refractivity contribution in [1.29, 1.82) is 0 Å². The highest BCUT2D eigenvalue weighted by atomic mass is 16.5. The van der Waals surface area contributed by atoms with Crippen LogP contribution in [0.15, 0.2) is 12.5 Å². The van der Waals surface area contributed by atoms with Crippen molar-refractivity contribution in [2.75, 3.05) is 33.4 Å². The Balaban J connectivity index is 2.03. The molecule has 0 atom stereocenters. The first-order valence-electron chi connectivity index (χ1n) is 4.81. The van der Waals surface area contributed by atoms with Gasteiger partial charge in [0.15, 0.2) is 0 Å². The Labute approximate surface area is 88.4 Å². The number of carbonyl (C=O) groups is 1. The van der Waals surface area contributed by atoms with Gasteiger partial charge in [0.2, 0.25) is 0 Å². The summed E-state index contributed by atoms with van der Waals surface area (Å²) in [4.78, 5) is 17.9. The second-order valence-electron chi connectivity index (χ2n) is 2.96. The largest absolute Gasteiger partial charge is 0.383 e. The molecule has 0 spiro atoms. The zero-order valence-corrected chi connectivity index (χ0v) is 8.75. The van der Waals surface area contributed by atoms with Crippen molar-refractivity contribution < 1.29 is 9.53 Å². The van der Waals surface area contributed by atoms with E-state index >= 15 is 0 Å². The molecule has 0 unspecified atom stereocenters. The van der Waals surface area contributed by atoms with Gasteiger partial charge in [-0.2, -0.15) is 0 Å². The molecule has 0 bridgehead atoms. The van der Waals surface area contributed by atoms with Gasteiger partial charge >= 0.3 is 0 Å². The predicted molar refractivity (Wildman–Crippen MR) is 55.7 cm³/mol. The maximum absolute atomic E-state index is 11.4. The number of carbonyl (C=O) groups excluding carboxylic acids is 1. The molecule has 0 aliphatic carbocycles. The van der Waals surface area contributed by atoms with Gasteiger partial charge in [0, 0.05) is 26.7 Å². The van der Waals surface area contributed by atoms with Crippen LogP contribution in [0.4, 0.5) is 0 Å². The van der Waals surface area contributed by atoms with E-state index in [-0.39, 0.29) is 5.91 Å². The molecule has 0 saturated carbocycles. The summed E-state index contributed by atoms with van der Waals surface area (Å²) >= 11 is 0. The molecule has 0 aliphatic heterocycles. The van der Waals surface area contributed by atoms with Crippen molar-refractivity contribution in [2.24, 2.45) is 0 Å². The lowest BCUT2D eigenvalue weighted by molar-refractivity contribution is 0.0949. The highest BCUT2D eigenvalue weighted by Gasteiger charge is 2.04. The molecular weight excluding hydrogens is 196 g/mol. The van der Waals surface area contributed by atoms with E-state index in [9.17, 15) is 4.79 Å². The van der Waals surface area contributed by atoms with Crippen molar-refractivity contribution in [2.45, 2.75) is 0 Å². The molecule has 0 aliphatic rings. The van der Waals surface area contributed by atoms with Crippen LogP contribution in [0, 0.1) is 0 Å². The second-order valence-corrected chi connectivity index (χ2v) is 2.96. The number of amides is 1. The molecule has 6 heteroatoms. The maximum atomic E-state index is 11.4. The van der Waals surface area contributed by atoms with E-state index in [1.54, 1.807) is 7.11 Å². The van der Waals surface area contributed by atoms with Crippen LogP contribution >= 0.6 is 0 Å². The van der Waals surface area contributed by atoms with E-state index in [1.807, 2.05) is 0 Å². The molecule has 6 nitrogen and oxygen atoms in total. The van der Waals surface area contributed by atoms with Gasteiger partial charge in [-0.1, -0.05) is 0 Å². The van der Waals surface area contributed by atoms with Crippen LogP contribution in [-0.4, -0.2) is 49.2 Å². The van der Waals surface area contributed by atoms with Crippen molar-refractivity contribution >= 4 is 5.91 Å². The van der Waals surface area contributed by atoms with Crippen molar-refractivity contribution in [1.82, 2.24) is 20.6 Å². The highest BCUT2D eigenvalue weighted by Crippen LogP contribution is 1.88. The monoisotopic (exact) mass is 212 g/mol. The zero-order chi connectivity index (χ0) is 10.9. The Kier molecular flexibility index (Phi) is 5.42. The normalized spacial score (nSPS) is 10.2. The molecule has 0 radical (unpaired) electrons.